The van der Waals surface area contributed by atoms with Gasteiger partial charge in [-0.3, -0.25) is 0 Å². The fourth-order valence-corrected chi connectivity index (χ4v) is 0.949. The molecule has 0 aliphatic carbocycles. The molecule has 0 saturated carbocycles. The van der Waals surface area contributed by atoms with Crippen molar-refractivity contribution in [3.8, 4) is 0 Å². The summed E-state index contributed by atoms with van der Waals surface area (Å²) in [6.07, 6.45) is 4.17. The number of hydrogen-bond acceptors (Lipinski definition) is 1. The monoisotopic (exact) mass is 108 g/mol. The third-order valence-corrected chi connectivity index (χ3v) is 1.90. The van der Waals surface area contributed by atoms with Crippen LogP contribution in [-0.4, -0.2) is 17.2 Å². The second kappa shape index (κ2) is 4.57. The highest BCUT2D eigenvalue weighted by atomic mass is 32.2. The molecule has 0 aromatic rings. The van der Waals surface area contributed by atoms with Crippen LogP contribution in [0.4, 0.5) is 0 Å². The maximum Gasteiger partial charge on any atom is -0.00913 e. The zero-order valence-electron chi connectivity index (χ0n) is 3.43. The zero-order chi connectivity index (χ0) is 4.12. The number of hydrogen-bond donors (Lipinski definition) is 1. The van der Waals surface area contributed by atoms with Gasteiger partial charge in [0.05, 0.1) is 0 Å². The first kappa shape index (κ1) is 5.57. The molecule has 5 heavy (non-hydrogen) atoms. The maximum atomic E-state index is 2.14. The lowest BCUT2D eigenvalue weighted by molar-refractivity contribution is 2.53. The van der Waals surface area contributed by atoms with Crippen molar-refractivity contribution in [2.75, 3.05) is 12.5 Å². The Morgan fingerprint density at radius 2 is 2.40 bits per heavy atom. The Hall–Kier alpha value is 0.570. The van der Waals surface area contributed by atoms with Crippen LogP contribution in [0.5, 0.6) is 0 Å². The predicted octanol–water partition coefficient (Wildman–Crippen LogP) is 1.20. The lowest BCUT2D eigenvalue weighted by Crippen LogP contribution is -1.44. The summed E-state index contributed by atoms with van der Waals surface area (Å²) in [6.45, 7) is 0. The molecule has 0 bridgehead atoms. The minimum atomic E-state index is 1.37. The molecule has 0 N–H and O–H groups in total. The second-order valence-electron chi connectivity index (χ2n) is 0.599. The molecular formula is C3H8S2. The summed E-state index contributed by atoms with van der Waals surface area (Å²) < 4.78 is 2.14. The Bertz CT molecular complexity index is 31.9. The van der Waals surface area contributed by atoms with Crippen LogP contribution in [0.3, 0.4) is 0 Å². The van der Waals surface area contributed by atoms with E-state index in [-0.39, 0.29) is 0 Å². The van der Waals surface area contributed by atoms with E-state index in [1.807, 2.05) is 0 Å². The van der Waals surface area contributed by atoms with Crippen LogP contribution in [-0.2, 0) is 0 Å². The van der Waals surface area contributed by atoms with Crippen LogP contribution in [0.25, 0.3) is 0 Å². The summed E-state index contributed by atoms with van der Waals surface area (Å²) in [5.74, 6) is 0. The van der Waals surface area contributed by atoms with Gasteiger partial charge in [-0.2, -0.15) is 11.4 Å². The van der Waals surface area contributed by atoms with E-state index in [1.54, 1.807) is 11.8 Å². The summed E-state index contributed by atoms with van der Waals surface area (Å²) in [5.41, 5.74) is 0. The lowest BCUT2D eigenvalue weighted by atomic mass is 11.9. The number of thioether (sulfide) groups is 1. The molecule has 0 nitrogen and oxygen atoms in total. The fraction of sp³-hybridized carbons (Fsp3) is 0.667. The normalized spacial score (nSPS) is 11.6. The highest BCUT2D eigenvalue weighted by molar-refractivity contribution is 8.24. The number of rotatable bonds is 1. The van der Waals surface area contributed by atoms with E-state index in [4.69, 9.17) is 0 Å². The molecule has 0 fully saturated rings. The van der Waals surface area contributed by atoms with Crippen LogP contribution < -0.4 is 0 Å². The average molecular weight is 108 g/mol. The van der Waals surface area contributed by atoms with Gasteiger partial charge in [-0.05, 0) is 17.2 Å². The summed E-state index contributed by atoms with van der Waals surface area (Å²) >= 11 is 3.13. The van der Waals surface area contributed by atoms with E-state index in [9.17, 15) is 0 Å². The van der Waals surface area contributed by atoms with Crippen LogP contribution in [0, 0.1) is 0 Å². The molecule has 0 saturated heterocycles. The smallest absolute Gasteiger partial charge is 0.00913 e. The first-order valence-corrected chi connectivity index (χ1v) is 4.05. The molecule has 0 rings (SSSR count). The van der Waals surface area contributed by atoms with E-state index >= 15 is 0 Å². The largest absolute Gasteiger partial charge is 0.197 e. The minimum Gasteiger partial charge on any atom is -0.197 e. The van der Waals surface area contributed by atoms with Crippen molar-refractivity contribution < 1.29 is 0 Å². The predicted molar refractivity (Wildman–Crippen MR) is 34.5 cm³/mol. The van der Waals surface area contributed by atoms with Gasteiger partial charge < -0.3 is 0 Å². The molecule has 0 aliphatic rings. The van der Waals surface area contributed by atoms with Gasteiger partial charge in [0.2, 0.25) is 0 Å². The van der Waals surface area contributed by atoms with Crippen molar-refractivity contribution >= 4 is 27.8 Å². The molecule has 0 heterocycles. The third kappa shape index (κ3) is 4.57. The molecule has 32 valence electrons. The topological polar surface area (TPSA) is 0 Å². The van der Waals surface area contributed by atoms with E-state index in [2.05, 4.69) is 17.2 Å². The van der Waals surface area contributed by atoms with Crippen LogP contribution >= 0.6 is 23.1 Å². The Balaban J connectivity index is 2.62. The molecule has 0 aromatic carbocycles. The molecule has 0 spiro atoms. The Morgan fingerprint density at radius 3 is 2.40 bits per heavy atom. The molecule has 0 amide bonds. The standard InChI is InChI=1S/C3H8S2/c1-4-3-5-2/h3-4H,1-2H3. The molecule has 0 aromatic heterocycles. The summed E-state index contributed by atoms with van der Waals surface area (Å²) in [5, 5.41) is 0. The van der Waals surface area contributed by atoms with E-state index in [0.717, 1.165) is 0 Å². The maximum absolute atomic E-state index is 2.14. The van der Waals surface area contributed by atoms with Gasteiger partial charge in [-0.1, -0.05) is 0 Å². The molecule has 2 heteroatoms. The van der Waals surface area contributed by atoms with Gasteiger partial charge in [0, 0.05) is 0 Å². The summed E-state index contributed by atoms with van der Waals surface area (Å²) in [6, 6.07) is 0. The summed E-state index contributed by atoms with van der Waals surface area (Å²) in [7, 11) is 0. The van der Waals surface area contributed by atoms with Gasteiger partial charge >= 0.3 is 0 Å². The van der Waals surface area contributed by atoms with Gasteiger partial charge in [0.15, 0.2) is 0 Å². The van der Waals surface area contributed by atoms with Crippen molar-refractivity contribution in [3.05, 3.63) is 0 Å². The van der Waals surface area contributed by atoms with Crippen molar-refractivity contribution in [2.45, 2.75) is 0 Å². The lowest BCUT2D eigenvalue weighted by Gasteiger charge is -1.67. The van der Waals surface area contributed by atoms with Crippen molar-refractivity contribution in [1.29, 1.82) is 0 Å². The highest BCUT2D eigenvalue weighted by Gasteiger charge is 1.50. The van der Waals surface area contributed by atoms with Gasteiger partial charge in [-0.15, -0.1) is 11.8 Å². The fourth-order valence-electron chi connectivity index (χ4n) is 0.105. The first-order chi connectivity index (χ1) is 2.41. The van der Waals surface area contributed by atoms with Crippen molar-refractivity contribution in [1.82, 2.24) is 0 Å². The van der Waals surface area contributed by atoms with Gasteiger partial charge in [-0.25, -0.2) is 0 Å². The molecule has 0 radical (unpaired) electrons. The minimum absolute atomic E-state index is 1.37. The zero-order valence-corrected chi connectivity index (χ0v) is 5.14. The second-order valence-corrected chi connectivity index (χ2v) is 2.43. The van der Waals surface area contributed by atoms with E-state index in [1.165, 1.54) is 11.4 Å². The highest BCUT2D eigenvalue weighted by Crippen LogP contribution is 1.85. The van der Waals surface area contributed by atoms with E-state index in [0.29, 0.717) is 0 Å². The van der Waals surface area contributed by atoms with Crippen molar-refractivity contribution in [3.63, 3.8) is 0 Å². The number of thiol groups is 1. The summed E-state index contributed by atoms with van der Waals surface area (Å²) in [4.78, 5) is 0. The Labute approximate surface area is 40.9 Å². The van der Waals surface area contributed by atoms with E-state index < -0.39 is 0 Å². The SMILES string of the molecule is CSC=[SH]C. The Morgan fingerprint density at radius 1 is 1.80 bits per heavy atom. The molecular weight excluding hydrogens is 100 g/mol. The van der Waals surface area contributed by atoms with Crippen LogP contribution in [0.2, 0.25) is 0 Å². The van der Waals surface area contributed by atoms with Crippen LogP contribution in [0.15, 0.2) is 0 Å². The van der Waals surface area contributed by atoms with Gasteiger partial charge in [0.1, 0.15) is 0 Å². The van der Waals surface area contributed by atoms with Gasteiger partial charge in [0.25, 0.3) is 0 Å². The molecule has 0 unspecified atom stereocenters. The molecule has 0 atom stereocenters. The average Bonchev–Trinajstić information content (AvgIpc) is 1.41. The van der Waals surface area contributed by atoms with Crippen LogP contribution in [0.1, 0.15) is 0 Å². The van der Waals surface area contributed by atoms with Crippen molar-refractivity contribution in [2.24, 2.45) is 0 Å². The third-order valence-electron chi connectivity index (χ3n) is 0.211. The first-order valence-electron chi connectivity index (χ1n) is 1.35. The molecule has 0 aliphatic heterocycles. The quantitative estimate of drug-likeness (QED) is 0.389. The Kier molecular flexibility index (Phi) is 5.09.